The van der Waals surface area contributed by atoms with E-state index in [-0.39, 0.29) is 11.8 Å². The third kappa shape index (κ3) is 1.98. The molecule has 16 heavy (non-hydrogen) atoms. The summed E-state index contributed by atoms with van der Waals surface area (Å²) < 4.78 is 0.924. The highest BCUT2D eigenvalue weighted by Crippen LogP contribution is 2.54. The van der Waals surface area contributed by atoms with Gasteiger partial charge in [-0.15, -0.1) is 0 Å². The number of hydrogen-bond donors (Lipinski definition) is 1. The third-order valence-electron chi connectivity index (χ3n) is 3.59. The number of carbonyl (C=O) groups is 1. The summed E-state index contributed by atoms with van der Waals surface area (Å²) in [6.07, 6.45) is 5.20. The van der Waals surface area contributed by atoms with Gasteiger partial charge in [-0.2, -0.15) is 0 Å². The molecule has 84 valence electrons. The van der Waals surface area contributed by atoms with Crippen molar-refractivity contribution in [2.24, 2.45) is 17.8 Å². The fraction of sp³-hybridized carbons (Fsp3) is 0.500. The van der Waals surface area contributed by atoms with Crippen molar-refractivity contribution in [3.63, 3.8) is 0 Å². The Labute approximate surface area is 103 Å². The van der Waals surface area contributed by atoms with Gasteiger partial charge in [-0.25, -0.2) is 4.98 Å². The molecule has 1 amide bonds. The molecule has 2 saturated carbocycles. The Bertz CT molecular complexity index is 408. The molecule has 3 rings (SSSR count). The van der Waals surface area contributed by atoms with Crippen LogP contribution in [0.4, 0.5) is 5.82 Å². The molecule has 0 saturated heterocycles. The van der Waals surface area contributed by atoms with Crippen LogP contribution >= 0.6 is 15.9 Å². The highest BCUT2D eigenvalue weighted by Gasteiger charge is 2.47. The SMILES string of the molecule is O=C(Nc1ccc(Br)cn1)C1CC2CC2C1. The van der Waals surface area contributed by atoms with E-state index in [0.29, 0.717) is 5.82 Å². The van der Waals surface area contributed by atoms with Crippen molar-refractivity contribution >= 4 is 27.7 Å². The summed E-state index contributed by atoms with van der Waals surface area (Å²) >= 11 is 3.32. The molecule has 2 aliphatic carbocycles. The number of carbonyl (C=O) groups excluding carboxylic acids is 1. The molecule has 2 unspecified atom stereocenters. The molecule has 0 spiro atoms. The fourth-order valence-electron chi connectivity index (χ4n) is 2.61. The van der Waals surface area contributed by atoms with Crippen molar-refractivity contribution in [1.82, 2.24) is 4.98 Å². The Kier molecular flexibility index (Phi) is 2.46. The van der Waals surface area contributed by atoms with Gasteiger partial charge in [0.25, 0.3) is 0 Å². The first-order valence-corrected chi connectivity index (χ1v) is 6.44. The smallest absolute Gasteiger partial charge is 0.228 e. The minimum absolute atomic E-state index is 0.141. The molecule has 3 nitrogen and oxygen atoms in total. The molecule has 1 N–H and O–H groups in total. The third-order valence-corrected chi connectivity index (χ3v) is 4.06. The highest BCUT2D eigenvalue weighted by atomic mass is 79.9. The molecule has 0 radical (unpaired) electrons. The average molecular weight is 281 g/mol. The number of aromatic nitrogens is 1. The summed E-state index contributed by atoms with van der Waals surface area (Å²) in [5.74, 6) is 2.69. The molecular formula is C12H13BrN2O. The second-order valence-corrected chi connectivity index (χ2v) is 5.69. The van der Waals surface area contributed by atoms with Crippen molar-refractivity contribution in [1.29, 1.82) is 0 Å². The van der Waals surface area contributed by atoms with Gasteiger partial charge in [0.1, 0.15) is 5.82 Å². The fourth-order valence-corrected chi connectivity index (χ4v) is 2.84. The molecule has 0 aromatic carbocycles. The summed E-state index contributed by atoms with van der Waals surface area (Å²) in [6, 6.07) is 3.70. The Balaban J connectivity index is 1.61. The number of halogens is 1. The van der Waals surface area contributed by atoms with Crippen molar-refractivity contribution < 1.29 is 4.79 Å². The van der Waals surface area contributed by atoms with Gasteiger partial charge in [-0.05, 0) is 59.2 Å². The van der Waals surface area contributed by atoms with Gasteiger partial charge in [-0.3, -0.25) is 4.79 Å². The molecule has 0 aliphatic heterocycles. The number of pyridine rings is 1. The van der Waals surface area contributed by atoms with Crippen LogP contribution < -0.4 is 5.32 Å². The summed E-state index contributed by atoms with van der Waals surface area (Å²) in [7, 11) is 0. The van der Waals surface area contributed by atoms with E-state index in [1.807, 2.05) is 12.1 Å². The van der Waals surface area contributed by atoms with Gasteiger partial charge < -0.3 is 5.32 Å². The molecule has 0 bridgehead atoms. The normalized spacial score (nSPS) is 30.9. The zero-order valence-electron chi connectivity index (χ0n) is 8.82. The van der Waals surface area contributed by atoms with E-state index >= 15 is 0 Å². The van der Waals surface area contributed by atoms with E-state index in [4.69, 9.17) is 0 Å². The quantitative estimate of drug-likeness (QED) is 0.905. The molecular weight excluding hydrogens is 268 g/mol. The maximum atomic E-state index is 11.9. The summed E-state index contributed by atoms with van der Waals surface area (Å²) in [5, 5.41) is 2.88. The van der Waals surface area contributed by atoms with Gasteiger partial charge >= 0.3 is 0 Å². The predicted molar refractivity (Wildman–Crippen MR) is 64.9 cm³/mol. The Morgan fingerprint density at radius 2 is 2.06 bits per heavy atom. The lowest BCUT2D eigenvalue weighted by Crippen LogP contribution is -2.22. The molecule has 1 heterocycles. The van der Waals surface area contributed by atoms with Gasteiger partial charge in [-0.1, -0.05) is 0 Å². The number of amides is 1. The summed E-state index contributed by atoms with van der Waals surface area (Å²) in [6.45, 7) is 0. The lowest BCUT2D eigenvalue weighted by Gasteiger charge is -2.11. The lowest BCUT2D eigenvalue weighted by molar-refractivity contribution is -0.120. The minimum atomic E-state index is 0.141. The lowest BCUT2D eigenvalue weighted by atomic mass is 10.0. The van der Waals surface area contributed by atoms with Gasteiger partial charge in [0.15, 0.2) is 0 Å². The van der Waals surface area contributed by atoms with E-state index in [1.165, 1.54) is 6.42 Å². The first-order valence-electron chi connectivity index (χ1n) is 5.65. The van der Waals surface area contributed by atoms with E-state index in [1.54, 1.807) is 6.20 Å². The van der Waals surface area contributed by atoms with Crippen LogP contribution in [0.25, 0.3) is 0 Å². The topological polar surface area (TPSA) is 42.0 Å². The largest absolute Gasteiger partial charge is 0.310 e. The molecule has 2 fully saturated rings. The predicted octanol–water partition coefficient (Wildman–Crippen LogP) is 2.83. The van der Waals surface area contributed by atoms with Crippen LogP contribution in [-0.2, 0) is 4.79 Å². The van der Waals surface area contributed by atoms with Crippen LogP contribution in [0.1, 0.15) is 19.3 Å². The van der Waals surface area contributed by atoms with Gasteiger partial charge in [0.2, 0.25) is 5.91 Å². The van der Waals surface area contributed by atoms with E-state index in [2.05, 4.69) is 26.2 Å². The van der Waals surface area contributed by atoms with Gasteiger partial charge in [0.05, 0.1) is 0 Å². The van der Waals surface area contributed by atoms with E-state index in [9.17, 15) is 4.79 Å². The first kappa shape index (κ1) is 10.3. The van der Waals surface area contributed by atoms with Crippen molar-refractivity contribution in [3.8, 4) is 0 Å². The first-order chi connectivity index (χ1) is 7.72. The standard InChI is InChI=1S/C12H13BrN2O/c13-10-1-2-11(14-6-10)15-12(16)9-4-7-3-8(7)5-9/h1-2,6-9H,3-5H2,(H,14,15,16). The number of hydrogen-bond acceptors (Lipinski definition) is 2. The zero-order valence-corrected chi connectivity index (χ0v) is 10.4. The van der Waals surface area contributed by atoms with Crippen LogP contribution in [0.5, 0.6) is 0 Å². The maximum Gasteiger partial charge on any atom is 0.228 e. The molecule has 2 aliphatic rings. The molecule has 1 aromatic heterocycles. The minimum Gasteiger partial charge on any atom is -0.310 e. The van der Waals surface area contributed by atoms with E-state index in [0.717, 1.165) is 29.2 Å². The Morgan fingerprint density at radius 1 is 1.31 bits per heavy atom. The number of nitrogens with zero attached hydrogens (tertiary/aromatic N) is 1. The van der Waals surface area contributed by atoms with Crippen LogP contribution in [0.2, 0.25) is 0 Å². The van der Waals surface area contributed by atoms with Crippen LogP contribution in [-0.4, -0.2) is 10.9 Å². The zero-order chi connectivity index (χ0) is 11.1. The van der Waals surface area contributed by atoms with Crippen LogP contribution in [0, 0.1) is 17.8 Å². The Morgan fingerprint density at radius 3 is 2.69 bits per heavy atom. The van der Waals surface area contributed by atoms with Crippen molar-refractivity contribution in [2.75, 3.05) is 5.32 Å². The Hall–Kier alpha value is -0.900. The number of fused-ring (bicyclic) bond motifs is 1. The number of nitrogens with one attached hydrogen (secondary N) is 1. The monoisotopic (exact) mass is 280 g/mol. The molecule has 2 atom stereocenters. The van der Waals surface area contributed by atoms with Crippen molar-refractivity contribution in [2.45, 2.75) is 19.3 Å². The number of rotatable bonds is 2. The van der Waals surface area contributed by atoms with Crippen LogP contribution in [0.15, 0.2) is 22.8 Å². The number of anilines is 1. The average Bonchev–Trinajstić information content (AvgIpc) is 2.89. The summed E-state index contributed by atoms with van der Waals surface area (Å²) in [5.41, 5.74) is 0. The molecule has 1 aromatic rings. The highest BCUT2D eigenvalue weighted by molar-refractivity contribution is 9.10. The van der Waals surface area contributed by atoms with Gasteiger partial charge in [0, 0.05) is 16.6 Å². The summed E-state index contributed by atoms with van der Waals surface area (Å²) in [4.78, 5) is 16.0. The second kappa shape index (κ2) is 3.84. The second-order valence-electron chi connectivity index (χ2n) is 4.78. The van der Waals surface area contributed by atoms with Crippen molar-refractivity contribution in [3.05, 3.63) is 22.8 Å². The maximum absolute atomic E-state index is 11.9. The van der Waals surface area contributed by atoms with Crippen LogP contribution in [0.3, 0.4) is 0 Å². The molecule has 4 heteroatoms. The van der Waals surface area contributed by atoms with E-state index < -0.39 is 0 Å².